The van der Waals surface area contributed by atoms with E-state index in [9.17, 15) is 4.79 Å². The van der Waals surface area contributed by atoms with Crippen LogP contribution in [-0.2, 0) is 4.79 Å². The predicted molar refractivity (Wildman–Crippen MR) is 79.1 cm³/mol. The fourth-order valence-corrected chi connectivity index (χ4v) is 2.74. The molecule has 5 N–H and O–H groups in total. The van der Waals surface area contributed by atoms with Gasteiger partial charge in [-0.05, 0) is 0 Å². The van der Waals surface area contributed by atoms with Crippen molar-refractivity contribution in [1.29, 1.82) is 0 Å². The van der Waals surface area contributed by atoms with E-state index in [1.807, 2.05) is 5.38 Å². The molecule has 0 aliphatic carbocycles. The summed E-state index contributed by atoms with van der Waals surface area (Å²) in [5.41, 5.74) is 13.3. The van der Waals surface area contributed by atoms with Crippen LogP contribution >= 0.6 is 35.5 Å². The van der Waals surface area contributed by atoms with Gasteiger partial charge in [-0.3, -0.25) is 4.79 Å². The lowest BCUT2D eigenvalue weighted by atomic mass is 10.5. The molecule has 0 saturated heterocycles. The summed E-state index contributed by atoms with van der Waals surface area (Å²) in [7, 11) is 1.61. The maximum atomic E-state index is 11.1. The smallest absolute Gasteiger partial charge is 0.220 e. The molecule has 0 aromatic carbocycles. The molecule has 0 saturated carbocycles. The third-order valence-electron chi connectivity index (χ3n) is 1.85. The molecule has 0 spiro atoms. The third-order valence-corrected chi connectivity index (χ3v) is 3.56. The molecule has 0 fully saturated rings. The molecule has 18 heavy (non-hydrogen) atoms. The van der Waals surface area contributed by atoms with Crippen LogP contribution in [0.15, 0.2) is 15.9 Å². The maximum Gasteiger partial charge on any atom is 0.220 e. The lowest BCUT2D eigenvalue weighted by molar-refractivity contribution is -0.120. The molecule has 0 bridgehead atoms. The number of rotatable bonds is 6. The van der Waals surface area contributed by atoms with E-state index in [2.05, 4.69) is 15.3 Å². The first kappa shape index (κ1) is 17.0. The number of carbonyl (C=O) groups is 1. The minimum atomic E-state index is -0.240. The lowest BCUT2D eigenvalue weighted by Crippen LogP contribution is -2.23. The molecule has 102 valence electrons. The zero-order valence-corrected chi connectivity index (χ0v) is 12.3. The summed E-state index contributed by atoms with van der Waals surface area (Å²) >= 11 is 2.97. The van der Waals surface area contributed by atoms with Crippen LogP contribution in [0.5, 0.6) is 0 Å². The van der Waals surface area contributed by atoms with Crippen molar-refractivity contribution in [2.45, 2.75) is 11.8 Å². The van der Waals surface area contributed by atoms with Crippen molar-refractivity contribution in [3.63, 3.8) is 0 Å². The number of halogens is 1. The molecule has 0 aliphatic rings. The van der Waals surface area contributed by atoms with Gasteiger partial charge in [0.2, 0.25) is 5.91 Å². The van der Waals surface area contributed by atoms with E-state index >= 15 is 0 Å². The molecule has 1 atom stereocenters. The fourth-order valence-electron chi connectivity index (χ4n) is 1.06. The Morgan fingerprint density at radius 3 is 2.89 bits per heavy atom. The standard InChI is InChI=1S/C9H15N5OS2.ClH/c1-12-7(15)2-3-17-8(14-9(10)11)6-4-16-5-13-6;/h4-5,8H,2-3H2,1H3,(H,12,15)(H4,10,11,14);1H. The van der Waals surface area contributed by atoms with Gasteiger partial charge in [0, 0.05) is 24.6 Å². The van der Waals surface area contributed by atoms with Crippen molar-refractivity contribution in [3.8, 4) is 0 Å². The number of nitrogens with zero attached hydrogens (tertiary/aromatic N) is 2. The van der Waals surface area contributed by atoms with E-state index in [0.717, 1.165) is 5.69 Å². The summed E-state index contributed by atoms with van der Waals surface area (Å²) in [5.74, 6) is 0.660. The molecule has 0 aliphatic heterocycles. The van der Waals surface area contributed by atoms with Gasteiger partial charge in [-0.15, -0.1) is 35.5 Å². The zero-order chi connectivity index (χ0) is 12.7. The molecular formula is C9H16ClN5OS2. The quantitative estimate of drug-likeness (QED) is 0.530. The van der Waals surface area contributed by atoms with Gasteiger partial charge in [0.1, 0.15) is 5.37 Å². The summed E-state index contributed by atoms with van der Waals surface area (Å²) in [4.78, 5) is 19.3. The number of aliphatic imine (C=N–C) groups is 1. The first-order chi connectivity index (χ1) is 8.13. The van der Waals surface area contributed by atoms with E-state index in [1.165, 1.54) is 23.1 Å². The van der Waals surface area contributed by atoms with Crippen molar-refractivity contribution in [2.24, 2.45) is 16.5 Å². The Morgan fingerprint density at radius 2 is 2.39 bits per heavy atom. The number of carbonyl (C=O) groups excluding carboxylic acids is 1. The Hall–Kier alpha value is -0.990. The highest BCUT2D eigenvalue weighted by Crippen LogP contribution is 2.30. The van der Waals surface area contributed by atoms with Crippen LogP contribution in [-0.4, -0.2) is 29.7 Å². The number of nitrogens with one attached hydrogen (secondary N) is 1. The minimum Gasteiger partial charge on any atom is -0.370 e. The number of amides is 1. The van der Waals surface area contributed by atoms with Gasteiger partial charge in [0.25, 0.3) is 0 Å². The van der Waals surface area contributed by atoms with Crippen molar-refractivity contribution in [1.82, 2.24) is 10.3 Å². The van der Waals surface area contributed by atoms with Crippen molar-refractivity contribution in [2.75, 3.05) is 12.8 Å². The van der Waals surface area contributed by atoms with Gasteiger partial charge in [0.15, 0.2) is 5.96 Å². The van der Waals surface area contributed by atoms with Gasteiger partial charge in [-0.2, -0.15) is 0 Å². The molecule has 9 heteroatoms. The Bertz CT molecular complexity index is 380. The molecule has 1 aromatic heterocycles. The van der Waals surface area contributed by atoms with E-state index in [4.69, 9.17) is 11.5 Å². The van der Waals surface area contributed by atoms with Gasteiger partial charge in [-0.1, -0.05) is 0 Å². The number of aromatic nitrogens is 1. The monoisotopic (exact) mass is 309 g/mol. The van der Waals surface area contributed by atoms with Crippen LogP contribution in [0, 0.1) is 0 Å². The first-order valence-corrected chi connectivity index (χ1v) is 6.91. The molecule has 0 radical (unpaired) electrons. The zero-order valence-electron chi connectivity index (χ0n) is 9.83. The Labute approximate surface area is 120 Å². The highest BCUT2D eigenvalue weighted by Gasteiger charge is 2.13. The predicted octanol–water partition coefficient (Wildman–Crippen LogP) is 0.706. The van der Waals surface area contributed by atoms with Gasteiger partial charge < -0.3 is 16.8 Å². The molecule has 1 aromatic rings. The summed E-state index contributed by atoms with van der Waals surface area (Å²) in [6, 6.07) is 0. The second-order valence-corrected chi connectivity index (χ2v) is 5.02. The molecule has 1 rings (SSSR count). The normalized spacial score (nSPS) is 11.2. The number of guanidine groups is 1. The highest BCUT2D eigenvalue weighted by atomic mass is 35.5. The lowest BCUT2D eigenvalue weighted by Gasteiger charge is -2.09. The molecule has 6 nitrogen and oxygen atoms in total. The minimum absolute atomic E-state index is 0. The van der Waals surface area contributed by atoms with E-state index in [0.29, 0.717) is 12.2 Å². The van der Waals surface area contributed by atoms with Crippen LogP contribution < -0.4 is 16.8 Å². The van der Waals surface area contributed by atoms with Crippen LogP contribution in [0.4, 0.5) is 0 Å². The molecule has 1 heterocycles. The average molecular weight is 310 g/mol. The molecule has 1 unspecified atom stereocenters. The van der Waals surface area contributed by atoms with Gasteiger partial charge in [-0.25, -0.2) is 9.98 Å². The summed E-state index contributed by atoms with van der Waals surface area (Å²) in [5, 5.41) is 4.22. The second-order valence-electron chi connectivity index (χ2n) is 3.11. The van der Waals surface area contributed by atoms with E-state index < -0.39 is 0 Å². The molecular weight excluding hydrogens is 294 g/mol. The van der Waals surface area contributed by atoms with Crippen molar-refractivity contribution < 1.29 is 4.79 Å². The Balaban J connectivity index is 0.00000289. The largest absolute Gasteiger partial charge is 0.370 e. The van der Waals surface area contributed by atoms with Gasteiger partial charge >= 0.3 is 0 Å². The average Bonchev–Trinajstić information content (AvgIpc) is 2.80. The Kier molecular flexibility index (Phi) is 8.51. The van der Waals surface area contributed by atoms with Crippen LogP contribution in [0.2, 0.25) is 0 Å². The highest BCUT2D eigenvalue weighted by molar-refractivity contribution is 7.99. The van der Waals surface area contributed by atoms with Crippen molar-refractivity contribution >= 4 is 47.4 Å². The van der Waals surface area contributed by atoms with Crippen molar-refractivity contribution in [3.05, 3.63) is 16.6 Å². The number of hydrogen-bond donors (Lipinski definition) is 3. The first-order valence-electron chi connectivity index (χ1n) is 4.92. The van der Waals surface area contributed by atoms with Gasteiger partial charge in [0.05, 0.1) is 11.2 Å². The van der Waals surface area contributed by atoms with Crippen LogP contribution in [0.3, 0.4) is 0 Å². The SMILES string of the molecule is CNC(=O)CCSC(N=C(N)N)c1cscn1.Cl. The van der Waals surface area contributed by atoms with E-state index in [-0.39, 0.29) is 29.6 Å². The third kappa shape index (κ3) is 6.08. The van der Waals surface area contributed by atoms with Crippen LogP contribution in [0.25, 0.3) is 0 Å². The fraction of sp³-hybridized carbons (Fsp3) is 0.444. The number of hydrogen-bond acceptors (Lipinski definition) is 5. The maximum absolute atomic E-state index is 11.1. The summed E-state index contributed by atoms with van der Waals surface area (Å²) < 4.78 is 0. The Morgan fingerprint density at radius 1 is 1.67 bits per heavy atom. The topological polar surface area (TPSA) is 106 Å². The second kappa shape index (κ2) is 9.01. The molecule has 1 amide bonds. The van der Waals surface area contributed by atoms with E-state index in [1.54, 1.807) is 12.6 Å². The number of nitrogens with two attached hydrogens (primary N) is 2. The van der Waals surface area contributed by atoms with Crippen LogP contribution in [0.1, 0.15) is 17.5 Å². The summed E-state index contributed by atoms with van der Waals surface area (Å²) in [6.07, 6.45) is 0.432. The number of thioether (sulfide) groups is 1. The number of thiazole rings is 1. The summed E-state index contributed by atoms with van der Waals surface area (Å²) in [6.45, 7) is 0.